The Bertz CT molecular complexity index is 219. The fraction of sp³-hybridized carbons (Fsp3) is 0.800. The number of rotatable bonds is 6. The molecule has 88 valence electrons. The summed E-state index contributed by atoms with van der Waals surface area (Å²) in [6, 6.07) is -0.489. The van der Waals surface area contributed by atoms with E-state index in [2.05, 4.69) is 17.8 Å². The van der Waals surface area contributed by atoms with Crippen LogP contribution in [-0.4, -0.2) is 42.8 Å². The summed E-state index contributed by atoms with van der Waals surface area (Å²) in [5, 5.41) is 2.61. The molecule has 1 N–H and O–H groups in total. The molecule has 4 nitrogen and oxygen atoms in total. The van der Waals surface area contributed by atoms with Gasteiger partial charge in [-0.3, -0.25) is 4.79 Å². The molecular formula is C10H20NO3S+. The van der Waals surface area contributed by atoms with Gasteiger partial charge in [-0.25, -0.2) is 4.79 Å². The maximum absolute atomic E-state index is 11.5. The first kappa shape index (κ1) is 14.3. The van der Waals surface area contributed by atoms with E-state index in [0.29, 0.717) is 13.0 Å². The number of carbonyl (C=O) groups is 2. The highest BCUT2D eigenvalue weighted by atomic mass is 32.2. The molecule has 0 unspecified atom stereocenters. The Morgan fingerprint density at radius 1 is 1.40 bits per heavy atom. The number of hydrogen-bond acceptors (Lipinski definition) is 3. The summed E-state index contributed by atoms with van der Waals surface area (Å²) < 4.78 is 4.89. The Hall–Kier alpha value is -0.710. The van der Waals surface area contributed by atoms with E-state index in [1.54, 1.807) is 6.92 Å². The molecule has 5 heteroatoms. The van der Waals surface area contributed by atoms with E-state index in [1.165, 1.54) is 6.92 Å². The summed E-state index contributed by atoms with van der Waals surface area (Å²) >= 11 is 0. The molecule has 1 atom stereocenters. The summed E-state index contributed by atoms with van der Waals surface area (Å²) in [4.78, 5) is 22.3. The van der Waals surface area contributed by atoms with Gasteiger partial charge >= 0.3 is 5.97 Å². The highest BCUT2D eigenvalue weighted by Crippen LogP contribution is 1.99. The van der Waals surface area contributed by atoms with E-state index in [-0.39, 0.29) is 22.8 Å². The van der Waals surface area contributed by atoms with Crippen LogP contribution in [0.1, 0.15) is 20.3 Å². The molecule has 0 aliphatic heterocycles. The first-order valence-electron chi connectivity index (χ1n) is 4.95. The van der Waals surface area contributed by atoms with Crippen molar-refractivity contribution in [3.63, 3.8) is 0 Å². The fourth-order valence-electron chi connectivity index (χ4n) is 1.09. The number of ether oxygens (including phenoxy) is 1. The van der Waals surface area contributed by atoms with E-state index in [1.807, 2.05) is 0 Å². The molecular weight excluding hydrogens is 214 g/mol. The molecule has 0 aromatic carbocycles. The molecule has 0 bridgehead atoms. The monoisotopic (exact) mass is 234 g/mol. The Morgan fingerprint density at radius 2 is 2.00 bits per heavy atom. The zero-order chi connectivity index (χ0) is 11.8. The van der Waals surface area contributed by atoms with Crippen molar-refractivity contribution >= 4 is 22.8 Å². The van der Waals surface area contributed by atoms with Crippen molar-refractivity contribution in [1.29, 1.82) is 0 Å². The molecule has 0 fully saturated rings. The van der Waals surface area contributed by atoms with E-state index in [0.717, 1.165) is 5.75 Å². The largest absolute Gasteiger partial charge is 0.464 e. The first-order valence-corrected chi connectivity index (χ1v) is 7.16. The highest BCUT2D eigenvalue weighted by molar-refractivity contribution is 7.95. The van der Waals surface area contributed by atoms with Crippen molar-refractivity contribution in [2.75, 3.05) is 24.9 Å². The van der Waals surface area contributed by atoms with Crippen LogP contribution in [0.25, 0.3) is 0 Å². The molecule has 1 amide bonds. The SMILES string of the molecule is CCOC(=O)[C@H](CC[S+](C)C)NC(C)=O. The predicted molar refractivity (Wildman–Crippen MR) is 62.9 cm³/mol. The number of esters is 1. The highest BCUT2D eigenvalue weighted by Gasteiger charge is 2.22. The Morgan fingerprint density at radius 3 is 2.40 bits per heavy atom. The second-order valence-corrected chi connectivity index (χ2v) is 5.86. The zero-order valence-electron chi connectivity index (χ0n) is 9.83. The summed E-state index contributed by atoms with van der Waals surface area (Å²) in [5.74, 6) is 0.391. The third kappa shape index (κ3) is 7.25. The van der Waals surface area contributed by atoms with Crippen LogP contribution in [0.3, 0.4) is 0 Å². The minimum Gasteiger partial charge on any atom is -0.464 e. The lowest BCUT2D eigenvalue weighted by atomic mass is 10.2. The fourth-order valence-corrected chi connectivity index (χ4v) is 1.80. The molecule has 0 rings (SSSR count). The normalized spacial score (nSPS) is 12.3. The van der Waals surface area contributed by atoms with Gasteiger partial charge in [-0.1, -0.05) is 0 Å². The van der Waals surface area contributed by atoms with Crippen LogP contribution in [0, 0.1) is 0 Å². The van der Waals surface area contributed by atoms with Crippen molar-refractivity contribution in [2.45, 2.75) is 26.3 Å². The van der Waals surface area contributed by atoms with Crippen LogP contribution in [-0.2, 0) is 25.2 Å². The maximum atomic E-state index is 11.5. The average Bonchev–Trinajstić information content (AvgIpc) is 2.11. The van der Waals surface area contributed by atoms with Gasteiger partial charge in [-0.05, 0) is 17.8 Å². The molecule has 0 aliphatic carbocycles. The van der Waals surface area contributed by atoms with E-state index < -0.39 is 6.04 Å². The van der Waals surface area contributed by atoms with Crippen LogP contribution in [0.4, 0.5) is 0 Å². The lowest BCUT2D eigenvalue weighted by Gasteiger charge is -2.15. The van der Waals surface area contributed by atoms with Gasteiger partial charge in [0.05, 0.1) is 19.1 Å². The second-order valence-electron chi connectivity index (χ2n) is 3.48. The van der Waals surface area contributed by atoms with Crippen LogP contribution in [0.15, 0.2) is 0 Å². The third-order valence-electron chi connectivity index (χ3n) is 1.76. The van der Waals surface area contributed by atoms with Crippen molar-refractivity contribution < 1.29 is 14.3 Å². The number of carbonyl (C=O) groups excluding carboxylic acids is 2. The van der Waals surface area contributed by atoms with Crippen LogP contribution < -0.4 is 5.32 Å². The van der Waals surface area contributed by atoms with Crippen LogP contribution in [0.5, 0.6) is 0 Å². The maximum Gasteiger partial charge on any atom is 0.328 e. The standard InChI is InChI=1S/C10H19NO3S/c1-5-14-10(13)9(11-8(2)12)6-7-15(3)4/h9H,5-7H2,1-4H3/p+1/t9-/m0/s1. The molecule has 0 aromatic rings. The quantitative estimate of drug-likeness (QED) is 0.532. The molecule has 0 saturated heterocycles. The average molecular weight is 234 g/mol. The lowest BCUT2D eigenvalue weighted by molar-refractivity contribution is -0.147. The summed E-state index contributed by atoms with van der Waals surface area (Å²) in [5.41, 5.74) is 0. The van der Waals surface area contributed by atoms with Crippen LogP contribution >= 0.6 is 0 Å². The van der Waals surface area contributed by atoms with Gasteiger partial charge in [0, 0.05) is 13.3 Å². The van der Waals surface area contributed by atoms with Crippen molar-refractivity contribution in [3.8, 4) is 0 Å². The molecule has 0 spiro atoms. The Balaban J connectivity index is 4.17. The zero-order valence-corrected chi connectivity index (χ0v) is 10.6. The van der Waals surface area contributed by atoms with E-state index in [4.69, 9.17) is 4.74 Å². The van der Waals surface area contributed by atoms with Gasteiger partial charge in [0.1, 0.15) is 11.8 Å². The molecule has 0 saturated carbocycles. The molecule has 0 aliphatic rings. The van der Waals surface area contributed by atoms with Crippen molar-refractivity contribution in [1.82, 2.24) is 5.32 Å². The molecule has 0 heterocycles. The first-order chi connectivity index (χ1) is 6.97. The second kappa shape index (κ2) is 7.56. The number of amides is 1. The summed E-state index contributed by atoms with van der Waals surface area (Å²) in [6.07, 6.45) is 4.86. The minimum absolute atomic E-state index is 0.194. The van der Waals surface area contributed by atoms with Gasteiger partial charge in [-0.15, -0.1) is 0 Å². The van der Waals surface area contributed by atoms with Crippen molar-refractivity contribution in [2.24, 2.45) is 0 Å². The minimum atomic E-state index is -0.489. The molecule has 0 radical (unpaired) electrons. The summed E-state index contributed by atoms with van der Waals surface area (Å²) in [6.45, 7) is 3.51. The van der Waals surface area contributed by atoms with Gasteiger partial charge in [0.15, 0.2) is 0 Å². The van der Waals surface area contributed by atoms with Gasteiger partial charge < -0.3 is 10.1 Å². The third-order valence-corrected chi connectivity index (χ3v) is 2.82. The van der Waals surface area contributed by atoms with Gasteiger partial charge in [0.2, 0.25) is 5.91 Å². The number of nitrogens with one attached hydrogen (secondary N) is 1. The Labute approximate surface area is 94.1 Å². The van der Waals surface area contributed by atoms with Gasteiger partial charge in [0.25, 0.3) is 0 Å². The predicted octanol–water partition coefficient (Wildman–Crippen LogP) is 0.322. The summed E-state index contributed by atoms with van der Waals surface area (Å²) in [7, 11) is 0.269. The van der Waals surface area contributed by atoms with Gasteiger partial charge in [-0.2, -0.15) is 0 Å². The Kier molecular flexibility index (Phi) is 7.21. The van der Waals surface area contributed by atoms with Crippen molar-refractivity contribution in [3.05, 3.63) is 0 Å². The van der Waals surface area contributed by atoms with E-state index in [9.17, 15) is 9.59 Å². The number of hydrogen-bond donors (Lipinski definition) is 1. The smallest absolute Gasteiger partial charge is 0.328 e. The molecule has 0 aromatic heterocycles. The van der Waals surface area contributed by atoms with Crippen LogP contribution in [0.2, 0.25) is 0 Å². The van der Waals surface area contributed by atoms with E-state index >= 15 is 0 Å². The topological polar surface area (TPSA) is 55.4 Å². The molecule has 15 heavy (non-hydrogen) atoms. The lowest BCUT2D eigenvalue weighted by Crippen LogP contribution is -2.41.